The standard InChI is InChI=1S/C53H34N4/c1-3-13-35(14-4-1)36-23-26-39(27-24-36)51-54-52(41-29-31-44-40(33-41)28-25-38-17-7-8-18-43(38)44)56-53(55-51)42-30-32-45(37-15-5-2-6-16-37)50(34-42)57-48-21-11-9-19-46(48)47-20-10-12-22-49(47)57/h1-34H. The summed E-state index contributed by atoms with van der Waals surface area (Å²) in [6.45, 7) is 0. The van der Waals surface area contributed by atoms with Crippen LogP contribution in [0, 0.1) is 0 Å². The number of fused-ring (bicyclic) bond motifs is 6. The van der Waals surface area contributed by atoms with Gasteiger partial charge in [-0.25, -0.2) is 15.0 Å². The second-order valence-corrected chi connectivity index (χ2v) is 14.4. The average molecular weight is 727 g/mol. The fraction of sp³-hybridized carbons (Fsp3) is 0. The lowest BCUT2D eigenvalue weighted by molar-refractivity contribution is 1.07. The smallest absolute Gasteiger partial charge is 0.164 e. The lowest BCUT2D eigenvalue weighted by atomic mass is 9.99. The van der Waals surface area contributed by atoms with Gasteiger partial charge in [-0.2, -0.15) is 0 Å². The van der Waals surface area contributed by atoms with Gasteiger partial charge in [0.2, 0.25) is 0 Å². The quantitative estimate of drug-likeness (QED) is 0.160. The van der Waals surface area contributed by atoms with E-state index < -0.39 is 0 Å². The maximum absolute atomic E-state index is 5.25. The Hall–Kier alpha value is -7.69. The molecule has 0 spiro atoms. The largest absolute Gasteiger partial charge is 0.309 e. The maximum Gasteiger partial charge on any atom is 0.164 e. The van der Waals surface area contributed by atoms with Gasteiger partial charge in [0.1, 0.15) is 0 Å². The Balaban J connectivity index is 1.13. The zero-order valence-corrected chi connectivity index (χ0v) is 30.9. The molecule has 57 heavy (non-hydrogen) atoms. The number of nitrogens with zero attached hydrogens (tertiary/aromatic N) is 4. The van der Waals surface area contributed by atoms with Crippen molar-refractivity contribution in [3.63, 3.8) is 0 Å². The molecule has 266 valence electrons. The summed E-state index contributed by atoms with van der Waals surface area (Å²) < 4.78 is 2.38. The monoisotopic (exact) mass is 726 g/mol. The van der Waals surface area contributed by atoms with Crippen LogP contribution in [0.1, 0.15) is 0 Å². The van der Waals surface area contributed by atoms with Crippen molar-refractivity contribution in [3.8, 4) is 62.1 Å². The minimum absolute atomic E-state index is 0.613. The van der Waals surface area contributed by atoms with Crippen molar-refractivity contribution in [1.82, 2.24) is 19.5 Å². The molecule has 0 aliphatic heterocycles. The summed E-state index contributed by atoms with van der Waals surface area (Å²) in [7, 11) is 0. The van der Waals surface area contributed by atoms with Gasteiger partial charge >= 0.3 is 0 Å². The van der Waals surface area contributed by atoms with Gasteiger partial charge < -0.3 is 4.57 Å². The zero-order chi connectivity index (χ0) is 37.7. The van der Waals surface area contributed by atoms with Crippen molar-refractivity contribution in [2.75, 3.05) is 0 Å². The lowest BCUT2D eigenvalue weighted by Crippen LogP contribution is -2.02. The molecule has 4 heteroatoms. The number of rotatable bonds is 6. The summed E-state index contributed by atoms with van der Waals surface area (Å²) in [6, 6.07) is 72.9. The zero-order valence-electron chi connectivity index (χ0n) is 30.9. The number of para-hydroxylation sites is 2. The molecule has 0 saturated carbocycles. The Morgan fingerprint density at radius 2 is 0.737 bits per heavy atom. The number of aromatic nitrogens is 4. The van der Waals surface area contributed by atoms with Gasteiger partial charge in [0.25, 0.3) is 0 Å². The van der Waals surface area contributed by atoms with E-state index in [2.05, 4.69) is 205 Å². The van der Waals surface area contributed by atoms with Gasteiger partial charge in [0.15, 0.2) is 17.5 Å². The first-order chi connectivity index (χ1) is 28.2. The summed E-state index contributed by atoms with van der Waals surface area (Å²) in [6.07, 6.45) is 0. The van der Waals surface area contributed by atoms with Crippen LogP contribution < -0.4 is 0 Å². The summed E-state index contributed by atoms with van der Waals surface area (Å²) in [5, 5.41) is 7.22. The van der Waals surface area contributed by atoms with Crippen LogP contribution in [-0.2, 0) is 0 Å². The third-order valence-electron chi connectivity index (χ3n) is 11.1. The predicted molar refractivity (Wildman–Crippen MR) is 236 cm³/mol. The van der Waals surface area contributed by atoms with E-state index in [-0.39, 0.29) is 0 Å². The van der Waals surface area contributed by atoms with Gasteiger partial charge in [-0.1, -0.05) is 182 Å². The highest BCUT2D eigenvalue weighted by Gasteiger charge is 2.19. The van der Waals surface area contributed by atoms with E-state index in [1.165, 1.54) is 32.5 Å². The van der Waals surface area contributed by atoms with Crippen molar-refractivity contribution in [1.29, 1.82) is 0 Å². The van der Waals surface area contributed by atoms with E-state index >= 15 is 0 Å². The molecular formula is C53H34N4. The first kappa shape index (κ1) is 32.7. The third-order valence-corrected chi connectivity index (χ3v) is 11.1. The highest BCUT2D eigenvalue weighted by Crippen LogP contribution is 2.39. The molecule has 0 fully saturated rings. The molecule has 0 amide bonds. The van der Waals surface area contributed by atoms with E-state index in [0.29, 0.717) is 17.5 Å². The highest BCUT2D eigenvalue weighted by molar-refractivity contribution is 6.10. The molecule has 0 aliphatic rings. The van der Waals surface area contributed by atoms with Gasteiger partial charge in [0, 0.05) is 33.0 Å². The van der Waals surface area contributed by atoms with Crippen LogP contribution in [0.5, 0.6) is 0 Å². The van der Waals surface area contributed by atoms with Crippen LogP contribution in [0.3, 0.4) is 0 Å². The second kappa shape index (κ2) is 13.6. The molecule has 0 saturated heterocycles. The van der Waals surface area contributed by atoms with Crippen molar-refractivity contribution < 1.29 is 0 Å². The van der Waals surface area contributed by atoms with E-state index in [1.54, 1.807) is 0 Å². The Kier molecular flexibility index (Phi) is 7.78. The number of hydrogen-bond acceptors (Lipinski definition) is 3. The van der Waals surface area contributed by atoms with Gasteiger partial charge in [0.05, 0.1) is 16.7 Å². The topological polar surface area (TPSA) is 43.6 Å². The summed E-state index contributed by atoms with van der Waals surface area (Å²) in [4.78, 5) is 15.6. The van der Waals surface area contributed by atoms with Crippen molar-refractivity contribution >= 4 is 43.4 Å². The molecule has 11 rings (SSSR count). The average Bonchev–Trinajstić information content (AvgIpc) is 3.63. The van der Waals surface area contributed by atoms with Gasteiger partial charge in [-0.3, -0.25) is 0 Å². The Morgan fingerprint density at radius 3 is 1.42 bits per heavy atom. The molecular weight excluding hydrogens is 693 g/mol. The minimum Gasteiger partial charge on any atom is -0.309 e. The molecule has 2 aromatic heterocycles. The first-order valence-electron chi connectivity index (χ1n) is 19.3. The molecule has 0 bridgehead atoms. The van der Waals surface area contributed by atoms with E-state index in [4.69, 9.17) is 15.0 Å². The van der Waals surface area contributed by atoms with E-state index in [0.717, 1.165) is 55.5 Å². The van der Waals surface area contributed by atoms with Crippen LogP contribution in [-0.4, -0.2) is 19.5 Å². The Morgan fingerprint density at radius 1 is 0.281 bits per heavy atom. The number of benzene rings is 9. The van der Waals surface area contributed by atoms with Crippen molar-refractivity contribution in [3.05, 3.63) is 206 Å². The fourth-order valence-corrected chi connectivity index (χ4v) is 8.26. The Bertz CT molecular complexity index is 3220. The lowest BCUT2D eigenvalue weighted by Gasteiger charge is -2.16. The van der Waals surface area contributed by atoms with E-state index in [9.17, 15) is 0 Å². The van der Waals surface area contributed by atoms with Gasteiger partial charge in [-0.15, -0.1) is 0 Å². The first-order valence-corrected chi connectivity index (χ1v) is 19.3. The minimum atomic E-state index is 0.613. The SMILES string of the molecule is c1ccc(-c2ccc(-c3nc(-c4ccc(-c5ccccc5)c(-n5c6ccccc6c6ccccc65)c4)nc(-c4ccc5c(ccc6ccccc65)c4)n3)cc2)cc1. The van der Waals surface area contributed by atoms with E-state index in [1.807, 2.05) is 6.07 Å². The Labute approximate surface area is 330 Å². The molecule has 0 unspecified atom stereocenters. The second-order valence-electron chi connectivity index (χ2n) is 14.4. The summed E-state index contributed by atoms with van der Waals surface area (Å²) in [5.41, 5.74) is 10.7. The van der Waals surface area contributed by atoms with Crippen LogP contribution in [0.15, 0.2) is 206 Å². The summed E-state index contributed by atoms with van der Waals surface area (Å²) >= 11 is 0. The number of hydrogen-bond donors (Lipinski definition) is 0. The normalized spacial score (nSPS) is 11.5. The molecule has 11 aromatic rings. The molecule has 0 radical (unpaired) electrons. The molecule has 0 aliphatic carbocycles. The van der Waals surface area contributed by atoms with Crippen molar-refractivity contribution in [2.45, 2.75) is 0 Å². The maximum atomic E-state index is 5.25. The summed E-state index contributed by atoms with van der Waals surface area (Å²) in [5.74, 6) is 1.86. The highest BCUT2D eigenvalue weighted by atomic mass is 15.0. The molecule has 2 heterocycles. The van der Waals surface area contributed by atoms with Crippen molar-refractivity contribution in [2.24, 2.45) is 0 Å². The molecule has 0 atom stereocenters. The van der Waals surface area contributed by atoms with Crippen LogP contribution in [0.25, 0.3) is 105 Å². The molecule has 9 aromatic carbocycles. The van der Waals surface area contributed by atoms with Crippen LogP contribution >= 0.6 is 0 Å². The third kappa shape index (κ3) is 5.74. The fourth-order valence-electron chi connectivity index (χ4n) is 8.26. The molecule has 4 nitrogen and oxygen atoms in total. The van der Waals surface area contributed by atoms with Gasteiger partial charge in [-0.05, 0) is 62.5 Å². The predicted octanol–water partition coefficient (Wildman–Crippen LogP) is 13.6. The molecule has 0 N–H and O–H groups in total. The van der Waals surface area contributed by atoms with Crippen LogP contribution in [0.2, 0.25) is 0 Å². The van der Waals surface area contributed by atoms with Crippen LogP contribution in [0.4, 0.5) is 0 Å².